The van der Waals surface area contributed by atoms with Gasteiger partial charge < -0.3 is 25.4 Å². The minimum atomic E-state index is -0.911. The first-order chi connectivity index (χ1) is 20.8. The number of hydrogen-bond acceptors (Lipinski definition) is 10. The van der Waals surface area contributed by atoms with Gasteiger partial charge in [-0.25, -0.2) is 18.2 Å². The number of nitrogens with zero attached hydrogens (tertiary/aromatic N) is 5. The fraction of sp³-hybridized carbons (Fsp3) is 0.483. The summed E-state index contributed by atoms with van der Waals surface area (Å²) in [5.74, 6) is -0.692. The normalized spacial score (nSPS) is 27.3. The Morgan fingerprint density at radius 1 is 1.16 bits per heavy atom. The smallest absolute Gasteiger partial charge is 0.319 e. The van der Waals surface area contributed by atoms with Crippen molar-refractivity contribution < 1.29 is 22.6 Å². The number of rotatable bonds is 5. The SMILES string of the molecule is Nc1nc2c(-c3c(Cl)cc4c(N5[C@@H]6CNC[C@H]5COC6)nc(OC[C@@]56CCCN5C[C@H](F)C6)nc4c3F)ccc(F)c2s1. The van der Waals surface area contributed by atoms with Gasteiger partial charge in [0.1, 0.15) is 29.9 Å². The van der Waals surface area contributed by atoms with Crippen molar-refractivity contribution in [2.45, 2.75) is 43.1 Å². The number of morpholine rings is 1. The molecular formula is C29H29ClF3N7O2S. The quantitative estimate of drug-likeness (QED) is 0.328. The molecule has 4 aliphatic rings. The van der Waals surface area contributed by atoms with Crippen LogP contribution in [0.5, 0.6) is 6.01 Å². The highest BCUT2D eigenvalue weighted by Crippen LogP contribution is 2.44. The summed E-state index contributed by atoms with van der Waals surface area (Å²) >= 11 is 7.80. The number of alkyl halides is 1. The fourth-order valence-corrected chi connectivity index (χ4v) is 8.44. The molecule has 3 N–H and O–H groups in total. The van der Waals surface area contributed by atoms with Crippen LogP contribution in [0, 0.1) is 11.6 Å². The monoisotopic (exact) mass is 631 g/mol. The molecule has 0 saturated carbocycles. The lowest BCUT2D eigenvalue weighted by Gasteiger charge is -2.47. The van der Waals surface area contributed by atoms with Crippen LogP contribution in [0.1, 0.15) is 19.3 Å². The van der Waals surface area contributed by atoms with Gasteiger partial charge in [-0.2, -0.15) is 9.97 Å². The van der Waals surface area contributed by atoms with Crippen LogP contribution in [0.25, 0.3) is 32.2 Å². The minimum Gasteiger partial charge on any atom is -0.461 e. The molecule has 4 aliphatic heterocycles. The van der Waals surface area contributed by atoms with Gasteiger partial charge in [0.05, 0.1) is 46.1 Å². The van der Waals surface area contributed by atoms with Gasteiger partial charge in [0.25, 0.3) is 0 Å². The van der Waals surface area contributed by atoms with Crippen LogP contribution in [0.3, 0.4) is 0 Å². The topological polar surface area (TPSA) is 102 Å². The van der Waals surface area contributed by atoms with Crippen molar-refractivity contribution in [2.24, 2.45) is 0 Å². The molecule has 0 spiro atoms. The fourth-order valence-electron chi connectivity index (χ4n) is 7.39. The summed E-state index contributed by atoms with van der Waals surface area (Å²) in [6, 6.07) is 4.29. The number of nitrogen functional groups attached to an aromatic ring is 1. The van der Waals surface area contributed by atoms with Gasteiger partial charge in [-0.05, 0) is 37.6 Å². The first-order valence-corrected chi connectivity index (χ1v) is 15.6. The van der Waals surface area contributed by atoms with Gasteiger partial charge >= 0.3 is 6.01 Å². The molecule has 6 heterocycles. The molecule has 4 atom stereocenters. The number of thiazole rings is 1. The summed E-state index contributed by atoms with van der Waals surface area (Å²) in [6.07, 6.45) is 1.26. The number of aromatic nitrogens is 3. The van der Waals surface area contributed by atoms with E-state index in [9.17, 15) is 8.78 Å². The Morgan fingerprint density at radius 2 is 1.98 bits per heavy atom. The van der Waals surface area contributed by atoms with Crippen LogP contribution in [0.15, 0.2) is 18.2 Å². The number of hydrogen-bond donors (Lipinski definition) is 2. The predicted molar refractivity (Wildman–Crippen MR) is 160 cm³/mol. The Hall–Kier alpha value is -2.97. The zero-order valence-electron chi connectivity index (χ0n) is 23.1. The van der Waals surface area contributed by atoms with Crippen molar-refractivity contribution in [1.82, 2.24) is 25.2 Å². The van der Waals surface area contributed by atoms with Crippen molar-refractivity contribution >= 4 is 55.0 Å². The molecule has 43 heavy (non-hydrogen) atoms. The first kappa shape index (κ1) is 27.6. The standard InChI is InChI=1S/C29H29ClF3N7O2S/c30-19-6-18-23(22(33)21(19)17-2-3-20(32)25-24(17)36-27(34)43-25)37-28(42-13-29-4-1-5-39(29)10-14(31)7-29)38-26(18)40-15-8-35-9-16(40)12-41-11-15/h2-3,6,14-16,35H,1,4-5,7-13H2,(H2,34,36)/t14-,15-,16+,29+/m1/s1. The Balaban J connectivity index is 1.29. The average Bonchev–Trinajstić information content (AvgIpc) is 3.64. The zero-order valence-corrected chi connectivity index (χ0v) is 24.7. The largest absolute Gasteiger partial charge is 0.461 e. The van der Waals surface area contributed by atoms with E-state index in [0.29, 0.717) is 56.0 Å². The lowest BCUT2D eigenvalue weighted by molar-refractivity contribution is 0.0522. The second kappa shape index (κ2) is 10.3. The predicted octanol–water partition coefficient (Wildman–Crippen LogP) is 4.55. The van der Waals surface area contributed by atoms with E-state index in [1.807, 2.05) is 0 Å². The molecule has 2 aromatic carbocycles. The van der Waals surface area contributed by atoms with Crippen LogP contribution < -0.4 is 20.7 Å². The molecule has 4 aromatic rings. The number of fused-ring (bicyclic) bond motifs is 5. The van der Waals surface area contributed by atoms with Crippen LogP contribution >= 0.6 is 22.9 Å². The van der Waals surface area contributed by atoms with Crippen LogP contribution in [0.4, 0.5) is 24.1 Å². The van der Waals surface area contributed by atoms with E-state index in [2.05, 4.69) is 25.1 Å². The summed E-state index contributed by atoms with van der Waals surface area (Å²) in [5, 5.41) is 4.13. The molecule has 2 bridgehead atoms. The van der Waals surface area contributed by atoms with Gasteiger partial charge in [-0.3, -0.25) is 4.90 Å². The van der Waals surface area contributed by atoms with Gasteiger partial charge in [0.15, 0.2) is 10.9 Å². The molecule has 4 fully saturated rings. The lowest BCUT2D eigenvalue weighted by Crippen LogP contribution is -2.64. The molecule has 8 rings (SSSR count). The maximum absolute atomic E-state index is 16.8. The van der Waals surface area contributed by atoms with Crippen molar-refractivity contribution in [2.75, 3.05) is 56.6 Å². The molecule has 4 saturated heterocycles. The molecule has 9 nitrogen and oxygen atoms in total. The number of halogens is 4. The Bertz CT molecular complexity index is 1740. The lowest BCUT2D eigenvalue weighted by atomic mass is 9.95. The van der Waals surface area contributed by atoms with Gasteiger partial charge in [-0.15, -0.1) is 0 Å². The van der Waals surface area contributed by atoms with Gasteiger partial charge in [0.2, 0.25) is 0 Å². The maximum atomic E-state index is 16.8. The third kappa shape index (κ3) is 4.42. The highest BCUT2D eigenvalue weighted by atomic mass is 35.5. The zero-order chi connectivity index (χ0) is 29.5. The third-order valence-corrected chi connectivity index (χ3v) is 10.5. The summed E-state index contributed by atoms with van der Waals surface area (Å²) in [6.45, 7) is 3.71. The number of piperazine rings is 1. The van der Waals surface area contributed by atoms with Crippen molar-refractivity contribution in [1.29, 1.82) is 0 Å². The van der Waals surface area contributed by atoms with Crippen LogP contribution in [-0.2, 0) is 4.74 Å². The second-order valence-electron chi connectivity index (χ2n) is 11.9. The molecular weight excluding hydrogens is 603 g/mol. The molecule has 226 valence electrons. The molecule has 0 aliphatic carbocycles. The Kier molecular flexibility index (Phi) is 6.60. The van der Waals surface area contributed by atoms with Crippen LogP contribution in [0.2, 0.25) is 5.02 Å². The van der Waals surface area contributed by atoms with Crippen molar-refractivity contribution in [3.05, 3.63) is 34.9 Å². The van der Waals surface area contributed by atoms with Crippen molar-refractivity contribution in [3.8, 4) is 17.1 Å². The molecule has 0 radical (unpaired) electrons. The minimum absolute atomic E-state index is 0.0119. The highest BCUT2D eigenvalue weighted by molar-refractivity contribution is 7.22. The van der Waals surface area contributed by atoms with Crippen molar-refractivity contribution in [3.63, 3.8) is 0 Å². The van der Waals surface area contributed by atoms with E-state index in [1.165, 1.54) is 12.1 Å². The average molecular weight is 632 g/mol. The Labute approximate surface area is 254 Å². The molecule has 0 amide bonds. The molecule has 0 unspecified atom stereocenters. The van der Waals surface area contributed by atoms with E-state index in [-0.39, 0.29) is 56.2 Å². The summed E-state index contributed by atoms with van der Waals surface area (Å²) in [5.41, 5.74) is 6.07. The van der Waals surface area contributed by atoms with Gasteiger partial charge in [0, 0.05) is 42.6 Å². The molecule has 14 heteroatoms. The third-order valence-electron chi connectivity index (χ3n) is 9.27. The number of benzene rings is 2. The van der Waals surface area contributed by atoms with E-state index in [4.69, 9.17) is 31.8 Å². The summed E-state index contributed by atoms with van der Waals surface area (Å²) in [7, 11) is 0. The van der Waals surface area contributed by atoms with E-state index in [0.717, 1.165) is 30.7 Å². The highest BCUT2D eigenvalue weighted by Gasteiger charge is 2.49. The van der Waals surface area contributed by atoms with Gasteiger partial charge in [-0.1, -0.05) is 22.9 Å². The Morgan fingerprint density at radius 3 is 2.79 bits per heavy atom. The summed E-state index contributed by atoms with van der Waals surface area (Å²) < 4.78 is 58.1. The van der Waals surface area contributed by atoms with E-state index < -0.39 is 23.3 Å². The maximum Gasteiger partial charge on any atom is 0.319 e. The number of nitrogens with two attached hydrogens (primary N) is 1. The van der Waals surface area contributed by atoms with E-state index >= 15 is 4.39 Å². The number of nitrogens with one attached hydrogen (secondary N) is 1. The summed E-state index contributed by atoms with van der Waals surface area (Å²) in [4.78, 5) is 18.0. The van der Waals surface area contributed by atoms with E-state index in [1.54, 1.807) is 6.07 Å². The number of ether oxygens (including phenoxy) is 2. The number of anilines is 2. The molecule has 2 aromatic heterocycles. The second-order valence-corrected chi connectivity index (χ2v) is 13.3. The van der Waals surface area contributed by atoms with Crippen LogP contribution in [-0.4, -0.2) is 89.6 Å². The first-order valence-electron chi connectivity index (χ1n) is 14.4.